The highest BCUT2D eigenvalue weighted by molar-refractivity contribution is 7.16. The number of benzene rings is 1. The average molecular weight is 356 g/mol. The van der Waals surface area contributed by atoms with Gasteiger partial charge >= 0.3 is 0 Å². The minimum Gasteiger partial charge on any atom is -0.332 e. The van der Waals surface area contributed by atoms with Crippen LogP contribution in [0.4, 0.5) is 16.0 Å². The van der Waals surface area contributed by atoms with Gasteiger partial charge in [-0.25, -0.2) is 9.97 Å². The van der Waals surface area contributed by atoms with Crippen molar-refractivity contribution in [1.29, 1.82) is 0 Å². The van der Waals surface area contributed by atoms with Crippen LogP contribution < -0.4 is 10.6 Å². The molecule has 2 aromatic heterocycles. The van der Waals surface area contributed by atoms with Gasteiger partial charge in [0.15, 0.2) is 10.3 Å². The number of rotatable bonds is 4. The van der Waals surface area contributed by atoms with Crippen molar-refractivity contribution in [2.75, 3.05) is 10.6 Å². The van der Waals surface area contributed by atoms with Gasteiger partial charge in [0.1, 0.15) is 5.69 Å². The van der Waals surface area contributed by atoms with E-state index < -0.39 is 0 Å². The van der Waals surface area contributed by atoms with E-state index >= 15 is 0 Å². The fourth-order valence-corrected chi connectivity index (χ4v) is 4.40. The van der Waals surface area contributed by atoms with Crippen molar-refractivity contribution in [1.82, 2.24) is 9.97 Å². The van der Waals surface area contributed by atoms with E-state index in [1.165, 1.54) is 29.1 Å². The number of anilines is 3. The van der Waals surface area contributed by atoms with Crippen LogP contribution in [0.1, 0.15) is 33.9 Å². The maximum atomic E-state index is 12.4. The zero-order valence-corrected chi connectivity index (χ0v) is 14.5. The number of para-hydroxylation sites is 1. The van der Waals surface area contributed by atoms with Gasteiger partial charge in [-0.05, 0) is 37.8 Å². The van der Waals surface area contributed by atoms with E-state index in [1.54, 1.807) is 16.7 Å². The molecule has 7 heteroatoms. The molecule has 0 atom stereocenters. The number of fused-ring (bicyclic) bond motifs is 1. The predicted octanol–water partition coefficient (Wildman–Crippen LogP) is 4.47. The highest BCUT2D eigenvalue weighted by Gasteiger charge is 2.18. The Balaban J connectivity index is 1.44. The lowest BCUT2D eigenvalue weighted by Crippen LogP contribution is -2.12. The van der Waals surface area contributed by atoms with E-state index in [9.17, 15) is 4.79 Å². The van der Waals surface area contributed by atoms with Crippen molar-refractivity contribution < 1.29 is 4.79 Å². The van der Waals surface area contributed by atoms with Crippen LogP contribution in [-0.2, 0) is 12.8 Å². The lowest BCUT2D eigenvalue weighted by Gasteiger charge is -2.06. The van der Waals surface area contributed by atoms with Crippen molar-refractivity contribution in [3.8, 4) is 0 Å². The fraction of sp³-hybridized carbons (Fsp3) is 0.235. The van der Waals surface area contributed by atoms with Crippen LogP contribution in [-0.4, -0.2) is 15.9 Å². The molecule has 3 aromatic rings. The second-order valence-electron chi connectivity index (χ2n) is 5.58. The van der Waals surface area contributed by atoms with E-state index in [0.29, 0.717) is 16.0 Å². The van der Waals surface area contributed by atoms with E-state index in [2.05, 4.69) is 20.6 Å². The molecule has 1 aliphatic carbocycles. The summed E-state index contributed by atoms with van der Waals surface area (Å²) in [6.45, 7) is 0. The monoisotopic (exact) mass is 356 g/mol. The van der Waals surface area contributed by atoms with Crippen LogP contribution in [0.2, 0.25) is 0 Å². The van der Waals surface area contributed by atoms with Gasteiger partial charge in [-0.1, -0.05) is 18.2 Å². The molecule has 0 fully saturated rings. The van der Waals surface area contributed by atoms with E-state index in [1.807, 2.05) is 30.3 Å². The first kappa shape index (κ1) is 15.3. The number of nitrogens with zero attached hydrogens (tertiary/aromatic N) is 2. The average Bonchev–Trinajstić information content (AvgIpc) is 3.22. The third kappa shape index (κ3) is 3.32. The van der Waals surface area contributed by atoms with Crippen molar-refractivity contribution in [2.24, 2.45) is 0 Å². The number of aryl methyl sites for hydroxylation is 2. The summed E-state index contributed by atoms with van der Waals surface area (Å²) in [5.74, 6) is -0.210. The third-order valence-corrected chi connectivity index (χ3v) is 5.66. The summed E-state index contributed by atoms with van der Waals surface area (Å²) < 4.78 is 0. The van der Waals surface area contributed by atoms with Gasteiger partial charge < -0.3 is 5.32 Å². The van der Waals surface area contributed by atoms with Crippen molar-refractivity contribution in [3.63, 3.8) is 0 Å². The van der Waals surface area contributed by atoms with Gasteiger partial charge in [0, 0.05) is 15.9 Å². The Morgan fingerprint density at radius 2 is 1.88 bits per heavy atom. The van der Waals surface area contributed by atoms with Crippen LogP contribution >= 0.6 is 22.7 Å². The predicted molar refractivity (Wildman–Crippen MR) is 98.5 cm³/mol. The van der Waals surface area contributed by atoms with Crippen molar-refractivity contribution >= 4 is 44.5 Å². The SMILES string of the molecule is O=C(Nc1nc2c(s1)CCCC2)c1csc(Nc2ccccc2)n1. The molecule has 0 saturated heterocycles. The first-order valence-electron chi connectivity index (χ1n) is 7.85. The Labute approximate surface area is 147 Å². The smallest absolute Gasteiger partial charge is 0.276 e. The number of hydrogen-bond acceptors (Lipinski definition) is 6. The van der Waals surface area contributed by atoms with Gasteiger partial charge in [0.05, 0.1) is 5.69 Å². The van der Waals surface area contributed by atoms with E-state index in [0.717, 1.165) is 24.2 Å². The molecule has 5 nitrogen and oxygen atoms in total. The lowest BCUT2D eigenvalue weighted by atomic mass is 10.0. The third-order valence-electron chi connectivity index (χ3n) is 3.83. The molecule has 24 heavy (non-hydrogen) atoms. The topological polar surface area (TPSA) is 66.9 Å². The summed E-state index contributed by atoms with van der Waals surface area (Å²) in [4.78, 5) is 22.6. The molecule has 2 heterocycles. The van der Waals surface area contributed by atoms with Crippen LogP contribution in [0.3, 0.4) is 0 Å². The molecule has 1 aliphatic rings. The number of carbonyl (C=O) groups excluding carboxylic acids is 1. The molecule has 2 N–H and O–H groups in total. The van der Waals surface area contributed by atoms with Gasteiger partial charge in [-0.2, -0.15) is 0 Å². The molecule has 0 radical (unpaired) electrons. The van der Waals surface area contributed by atoms with Crippen LogP contribution in [0.25, 0.3) is 0 Å². The highest BCUT2D eigenvalue weighted by atomic mass is 32.1. The Morgan fingerprint density at radius 1 is 1.04 bits per heavy atom. The zero-order valence-electron chi connectivity index (χ0n) is 12.9. The maximum absolute atomic E-state index is 12.4. The van der Waals surface area contributed by atoms with Crippen molar-refractivity contribution in [2.45, 2.75) is 25.7 Å². The zero-order chi connectivity index (χ0) is 16.4. The number of aromatic nitrogens is 2. The molecule has 122 valence electrons. The highest BCUT2D eigenvalue weighted by Crippen LogP contribution is 2.30. The fourth-order valence-electron chi connectivity index (χ4n) is 2.65. The van der Waals surface area contributed by atoms with Gasteiger partial charge in [-0.3, -0.25) is 10.1 Å². The molecule has 1 amide bonds. The number of amides is 1. The Kier molecular flexibility index (Phi) is 4.27. The van der Waals surface area contributed by atoms with Crippen molar-refractivity contribution in [3.05, 3.63) is 52.0 Å². The van der Waals surface area contributed by atoms with Gasteiger partial charge in [0.2, 0.25) is 0 Å². The maximum Gasteiger partial charge on any atom is 0.276 e. The first-order chi connectivity index (χ1) is 11.8. The quantitative estimate of drug-likeness (QED) is 0.723. The van der Waals surface area contributed by atoms with Crippen LogP contribution in [0.15, 0.2) is 35.7 Å². The summed E-state index contributed by atoms with van der Waals surface area (Å²) in [5, 5.41) is 9.21. The standard InChI is InChI=1S/C17H16N4OS2/c22-15(21-17-19-12-8-4-5-9-14(12)24-17)13-10-23-16(20-13)18-11-6-2-1-3-7-11/h1-3,6-7,10H,4-5,8-9H2,(H,18,20)(H,19,21,22). The number of hydrogen-bond donors (Lipinski definition) is 2. The minimum atomic E-state index is -0.210. The molecular weight excluding hydrogens is 340 g/mol. The molecule has 4 rings (SSSR count). The lowest BCUT2D eigenvalue weighted by molar-refractivity contribution is 0.102. The van der Waals surface area contributed by atoms with Gasteiger partial charge in [0.25, 0.3) is 5.91 Å². The normalized spacial score (nSPS) is 13.3. The molecule has 1 aromatic carbocycles. The molecule has 0 saturated carbocycles. The minimum absolute atomic E-state index is 0.210. The summed E-state index contributed by atoms with van der Waals surface area (Å²) in [6.07, 6.45) is 4.49. The second-order valence-corrected chi connectivity index (χ2v) is 7.52. The number of nitrogens with one attached hydrogen (secondary N) is 2. The van der Waals surface area contributed by atoms with Crippen LogP contribution in [0, 0.1) is 0 Å². The van der Waals surface area contributed by atoms with E-state index in [-0.39, 0.29) is 5.91 Å². The molecule has 0 spiro atoms. The summed E-state index contributed by atoms with van der Waals surface area (Å²) in [6, 6.07) is 9.78. The second kappa shape index (κ2) is 6.70. The summed E-state index contributed by atoms with van der Waals surface area (Å²) in [5.41, 5.74) is 2.50. The summed E-state index contributed by atoms with van der Waals surface area (Å²) in [7, 11) is 0. The Morgan fingerprint density at radius 3 is 2.71 bits per heavy atom. The molecular formula is C17H16N4OS2. The number of carbonyl (C=O) groups is 1. The molecule has 0 unspecified atom stereocenters. The summed E-state index contributed by atoms with van der Waals surface area (Å²) >= 11 is 3.00. The Bertz CT molecular complexity index is 833. The first-order valence-corrected chi connectivity index (χ1v) is 9.55. The van der Waals surface area contributed by atoms with Crippen LogP contribution in [0.5, 0.6) is 0 Å². The van der Waals surface area contributed by atoms with Gasteiger partial charge in [-0.15, -0.1) is 22.7 Å². The largest absolute Gasteiger partial charge is 0.332 e. The molecule has 0 bridgehead atoms. The Hall–Kier alpha value is -2.25. The number of thiazole rings is 2. The molecule has 0 aliphatic heterocycles. The van der Waals surface area contributed by atoms with E-state index in [4.69, 9.17) is 0 Å².